The lowest BCUT2D eigenvalue weighted by atomic mass is 10.1. The Morgan fingerprint density at radius 2 is 1.88 bits per heavy atom. The molecule has 0 spiro atoms. The number of nitro groups is 1. The number of pyridine rings is 1. The zero-order chi connectivity index (χ0) is 19.0. The number of nitrogens with zero attached hydrogens (tertiary/aromatic N) is 2. The predicted octanol–water partition coefficient (Wildman–Crippen LogP) is 4.51. The van der Waals surface area contributed by atoms with Gasteiger partial charge in [0.15, 0.2) is 0 Å². The summed E-state index contributed by atoms with van der Waals surface area (Å²) < 4.78 is 0. The first-order valence-electron chi connectivity index (χ1n) is 7.31. The first-order valence-corrected chi connectivity index (χ1v) is 8.06. The van der Waals surface area contributed by atoms with Crippen LogP contribution in [-0.2, 0) is 0 Å². The molecule has 9 heteroatoms. The minimum absolute atomic E-state index is 0.0481. The molecule has 0 saturated heterocycles. The van der Waals surface area contributed by atoms with Crippen LogP contribution in [0.4, 0.5) is 11.4 Å². The van der Waals surface area contributed by atoms with Crippen molar-refractivity contribution in [3.8, 4) is 5.75 Å². The molecule has 2 aromatic carbocycles. The molecule has 0 radical (unpaired) electrons. The number of aryl methyl sites for hydroxylation is 1. The van der Waals surface area contributed by atoms with Gasteiger partial charge in [0, 0.05) is 23.7 Å². The number of aromatic nitrogens is 1. The summed E-state index contributed by atoms with van der Waals surface area (Å²) in [5, 5.41) is 21.6. The van der Waals surface area contributed by atoms with Crippen molar-refractivity contribution in [1.82, 2.24) is 4.98 Å². The average Bonchev–Trinajstić information content (AvgIpc) is 2.57. The summed E-state index contributed by atoms with van der Waals surface area (Å²) in [5.41, 5.74) is 0.555. The SMILES string of the molecule is Cc1ccc2[nH]c(=O)c(C=Nc3c(Cl)cc([N+](=O)[O-])cc3Cl)c(O)c2c1. The van der Waals surface area contributed by atoms with Crippen molar-refractivity contribution < 1.29 is 10.0 Å². The molecule has 132 valence electrons. The van der Waals surface area contributed by atoms with E-state index in [1.165, 1.54) is 0 Å². The standard InChI is InChI=1S/C17H11Cl2N3O4/c1-8-2-3-14-10(4-8)16(23)11(17(24)21-14)7-20-15-12(18)5-9(22(25)26)6-13(15)19/h2-7H,1H3,(H2,21,23,24). The number of fused-ring (bicyclic) bond motifs is 1. The second kappa shape index (κ2) is 6.78. The largest absolute Gasteiger partial charge is 0.506 e. The van der Waals surface area contributed by atoms with E-state index in [1.54, 1.807) is 12.1 Å². The number of non-ortho nitro benzene ring substituents is 1. The molecule has 0 aliphatic carbocycles. The van der Waals surface area contributed by atoms with Crippen LogP contribution in [0, 0.1) is 17.0 Å². The Labute approximate surface area is 156 Å². The molecule has 1 heterocycles. The molecule has 0 unspecified atom stereocenters. The fraction of sp³-hybridized carbons (Fsp3) is 0.0588. The summed E-state index contributed by atoms with van der Waals surface area (Å²) in [7, 11) is 0. The molecular formula is C17H11Cl2N3O4. The van der Waals surface area contributed by atoms with Gasteiger partial charge in [-0.2, -0.15) is 0 Å². The fourth-order valence-corrected chi connectivity index (χ4v) is 3.01. The molecule has 0 atom stereocenters. The van der Waals surface area contributed by atoms with E-state index in [2.05, 4.69) is 9.98 Å². The van der Waals surface area contributed by atoms with Gasteiger partial charge in [-0.05, 0) is 19.1 Å². The lowest BCUT2D eigenvalue weighted by molar-refractivity contribution is -0.384. The molecule has 26 heavy (non-hydrogen) atoms. The van der Waals surface area contributed by atoms with E-state index >= 15 is 0 Å². The highest BCUT2D eigenvalue weighted by molar-refractivity contribution is 6.39. The maximum atomic E-state index is 12.2. The number of aromatic hydroxyl groups is 1. The lowest BCUT2D eigenvalue weighted by Gasteiger charge is -2.06. The number of H-pyrrole nitrogens is 1. The van der Waals surface area contributed by atoms with E-state index in [-0.39, 0.29) is 32.7 Å². The van der Waals surface area contributed by atoms with E-state index in [0.29, 0.717) is 10.9 Å². The molecule has 0 fully saturated rings. The third kappa shape index (κ3) is 3.26. The number of nitro benzene ring substituents is 1. The molecule has 3 aromatic rings. The van der Waals surface area contributed by atoms with Crippen molar-refractivity contribution in [2.75, 3.05) is 0 Å². The number of hydrogen-bond donors (Lipinski definition) is 2. The summed E-state index contributed by atoms with van der Waals surface area (Å²) in [6.07, 6.45) is 1.12. The van der Waals surface area contributed by atoms with Gasteiger partial charge in [0.1, 0.15) is 17.0 Å². The Balaban J connectivity index is 2.12. The second-order valence-electron chi connectivity index (χ2n) is 5.54. The van der Waals surface area contributed by atoms with Gasteiger partial charge in [0.25, 0.3) is 11.2 Å². The second-order valence-corrected chi connectivity index (χ2v) is 6.35. The summed E-state index contributed by atoms with van der Waals surface area (Å²) >= 11 is 12.0. The predicted molar refractivity (Wildman–Crippen MR) is 101 cm³/mol. The van der Waals surface area contributed by atoms with Crippen LogP contribution in [0.5, 0.6) is 5.75 Å². The van der Waals surface area contributed by atoms with Crippen LogP contribution >= 0.6 is 23.2 Å². The Morgan fingerprint density at radius 1 is 1.23 bits per heavy atom. The Kier molecular flexibility index (Phi) is 4.67. The number of halogens is 2. The molecule has 0 saturated carbocycles. The van der Waals surface area contributed by atoms with E-state index in [4.69, 9.17) is 23.2 Å². The van der Waals surface area contributed by atoms with Gasteiger partial charge in [-0.3, -0.25) is 19.9 Å². The highest BCUT2D eigenvalue weighted by atomic mass is 35.5. The number of hydrogen-bond acceptors (Lipinski definition) is 5. The van der Waals surface area contributed by atoms with Gasteiger partial charge >= 0.3 is 0 Å². The summed E-state index contributed by atoms with van der Waals surface area (Å²) in [5.74, 6) is -0.231. The van der Waals surface area contributed by atoms with E-state index in [0.717, 1.165) is 23.9 Å². The van der Waals surface area contributed by atoms with Crippen molar-refractivity contribution in [3.63, 3.8) is 0 Å². The molecule has 0 amide bonds. The van der Waals surface area contributed by atoms with Crippen molar-refractivity contribution in [3.05, 3.63) is 72.0 Å². The van der Waals surface area contributed by atoms with Crippen LogP contribution in [-0.4, -0.2) is 21.2 Å². The van der Waals surface area contributed by atoms with Crippen LogP contribution < -0.4 is 5.56 Å². The van der Waals surface area contributed by atoms with E-state index < -0.39 is 10.5 Å². The van der Waals surface area contributed by atoms with Crippen molar-refractivity contribution in [1.29, 1.82) is 0 Å². The first kappa shape index (κ1) is 17.9. The quantitative estimate of drug-likeness (QED) is 0.388. The van der Waals surface area contributed by atoms with Crippen LogP contribution in [0.15, 0.2) is 40.1 Å². The van der Waals surface area contributed by atoms with Gasteiger partial charge in [0.2, 0.25) is 0 Å². The molecule has 7 nitrogen and oxygen atoms in total. The molecular weight excluding hydrogens is 381 g/mol. The third-order valence-electron chi connectivity index (χ3n) is 3.71. The Bertz CT molecular complexity index is 1120. The van der Waals surface area contributed by atoms with E-state index in [9.17, 15) is 20.0 Å². The molecule has 0 aliphatic heterocycles. The van der Waals surface area contributed by atoms with Gasteiger partial charge in [0.05, 0.1) is 20.5 Å². The monoisotopic (exact) mass is 391 g/mol. The van der Waals surface area contributed by atoms with Gasteiger partial charge in [-0.1, -0.05) is 34.8 Å². The maximum Gasteiger partial charge on any atom is 0.272 e. The number of benzene rings is 2. The van der Waals surface area contributed by atoms with Crippen molar-refractivity contribution in [2.24, 2.45) is 4.99 Å². The minimum Gasteiger partial charge on any atom is -0.506 e. The summed E-state index contributed by atoms with van der Waals surface area (Å²) in [6.45, 7) is 1.86. The minimum atomic E-state index is -0.631. The number of aromatic amines is 1. The van der Waals surface area contributed by atoms with Crippen LogP contribution in [0.1, 0.15) is 11.1 Å². The summed E-state index contributed by atoms with van der Waals surface area (Å²) in [6, 6.07) is 7.43. The third-order valence-corrected chi connectivity index (χ3v) is 4.29. The zero-order valence-electron chi connectivity index (χ0n) is 13.3. The number of nitrogens with one attached hydrogen (secondary N) is 1. The smallest absolute Gasteiger partial charge is 0.272 e. The Morgan fingerprint density at radius 3 is 2.50 bits per heavy atom. The normalized spacial score (nSPS) is 11.3. The molecule has 0 bridgehead atoms. The number of aliphatic imine (C=N–C) groups is 1. The highest BCUT2D eigenvalue weighted by Gasteiger charge is 2.15. The summed E-state index contributed by atoms with van der Waals surface area (Å²) in [4.78, 5) is 29.1. The molecule has 1 aromatic heterocycles. The highest BCUT2D eigenvalue weighted by Crippen LogP contribution is 2.37. The first-order chi connectivity index (χ1) is 12.3. The maximum absolute atomic E-state index is 12.2. The van der Waals surface area contributed by atoms with Crippen molar-refractivity contribution in [2.45, 2.75) is 6.92 Å². The van der Waals surface area contributed by atoms with Crippen LogP contribution in [0.2, 0.25) is 10.0 Å². The molecule has 0 aliphatic rings. The van der Waals surface area contributed by atoms with Crippen LogP contribution in [0.25, 0.3) is 10.9 Å². The average molecular weight is 392 g/mol. The topological polar surface area (TPSA) is 109 Å². The van der Waals surface area contributed by atoms with Crippen LogP contribution in [0.3, 0.4) is 0 Å². The van der Waals surface area contributed by atoms with E-state index in [1.807, 2.05) is 13.0 Å². The zero-order valence-corrected chi connectivity index (χ0v) is 14.8. The molecule has 2 N–H and O–H groups in total. The molecule has 3 rings (SSSR count). The van der Waals surface area contributed by atoms with Gasteiger partial charge in [-0.25, -0.2) is 0 Å². The fourth-order valence-electron chi connectivity index (χ4n) is 2.44. The lowest BCUT2D eigenvalue weighted by Crippen LogP contribution is -2.12. The number of rotatable bonds is 3. The Hall–Kier alpha value is -2.90. The van der Waals surface area contributed by atoms with Gasteiger partial charge in [-0.15, -0.1) is 0 Å². The van der Waals surface area contributed by atoms with Gasteiger partial charge < -0.3 is 10.1 Å². The van der Waals surface area contributed by atoms with Crippen molar-refractivity contribution >= 4 is 51.7 Å².